The van der Waals surface area contributed by atoms with Crippen LogP contribution in [-0.4, -0.2) is 23.3 Å². The molecule has 1 rings (SSSR count). The summed E-state index contributed by atoms with van der Waals surface area (Å²) in [6.45, 7) is 5.93. The summed E-state index contributed by atoms with van der Waals surface area (Å²) in [7, 11) is 0. The van der Waals surface area contributed by atoms with Gasteiger partial charge in [0.1, 0.15) is 6.10 Å². The molecule has 0 aromatic rings. The highest BCUT2D eigenvalue weighted by Gasteiger charge is 2.35. The van der Waals surface area contributed by atoms with Gasteiger partial charge < -0.3 is 9.84 Å². The average molecular weight is 186 g/mol. The molecular formula is C10H18O3. The first kappa shape index (κ1) is 10.5. The highest BCUT2D eigenvalue weighted by Crippen LogP contribution is 2.25. The lowest BCUT2D eigenvalue weighted by molar-refractivity contribution is -0.147. The topological polar surface area (TPSA) is 46.5 Å². The van der Waals surface area contributed by atoms with Crippen LogP contribution >= 0.6 is 0 Å². The van der Waals surface area contributed by atoms with Crippen LogP contribution in [0.3, 0.4) is 0 Å². The normalized spacial score (nSPS) is 30.7. The summed E-state index contributed by atoms with van der Waals surface area (Å²) in [5.41, 5.74) is 0. The number of ether oxygens (including phenoxy) is 1. The van der Waals surface area contributed by atoms with Crippen LogP contribution in [-0.2, 0) is 9.53 Å². The quantitative estimate of drug-likeness (QED) is 0.677. The van der Waals surface area contributed by atoms with Gasteiger partial charge in [-0.1, -0.05) is 20.8 Å². The minimum Gasteiger partial charge on any atom is -0.459 e. The molecule has 76 valence electrons. The first-order valence-electron chi connectivity index (χ1n) is 4.89. The van der Waals surface area contributed by atoms with E-state index in [1.54, 1.807) is 0 Å². The van der Waals surface area contributed by atoms with E-state index in [0.29, 0.717) is 18.8 Å². The summed E-state index contributed by atoms with van der Waals surface area (Å²) in [6.07, 6.45) is 0.594. The smallest absolute Gasteiger partial charge is 0.309 e. The van der Waals surface area contributed by atoms with E-state index in [0.717, 1.165) is 0 Å². The van der Waals surface area contributed by atoms with Crippen molar-refractivity contribution in [2.45, 2.75) is 45.8 Å². The van der Waals surface area contributed by atoms with Crippen molar-refractivity contribution in [1.82, 2.24) is 0 Å². The SMILES string of the molecule is CC(C)C[C@H](O)[C@H]1C[C@@H](C)C(=O)O1. The summed E-state index contributed by atoms with van der Waals surface area (Å²) >= 11 is 0. The van der Waals surface area contributed by atoms with Gasteiger partial charge in [-0.2, -0.15) is 0 Å². The average Bonchev–Trinajstić information content (AvgIpc) is 2.31. The molecule has 0 aromatic heterocycles. The van der Waals surface area contributed by atoms with Crippen LogP contribution in [0.2, 0.25) is 0 Å². The van der Waals surface area contributed by atoms with Gasteiger partial charge in [-0.25, -0.2) is 0 Å². The zero-order valence-corrected chi connectivity index (χ0v) is 8.49. The van der Waals surface area contributed by atoms with Gasteiger partial charge in [-0.05, 0) is 18.8 Å². The molecule has 0 radical (unpaired) electrons. The van der Waals surface area contributed by atoms with E-state index >= 15 is 0 Å². The van der Waals surface area contributed by atoms with E-state index in [1.165, 1.54) is 0 Å². The number of hydrogen-bond acceptors (Lipinski definition) is 3. The molecule has 1 aliphatic heterocycles. The van der Waals surface area contributed by atoms with Gasteiger partial charge in [0.15, 0.2) is 0 Å². The maximum atomic E-state index is 11.0. The number of hydrogen-bond donors (Lipinski definition) is 1. The molecule has 0 unspecified atom stereocenters. The van der Waals surface area contributed by atoms with E-state index in [-0.39, 0.29) is 18.0 Å². The van der Waals surface area contributed by atoms with Crippen LogP contribution in [0.25, 0.3) is 0 Å². The molecule has 0 amide bonds. The van der Waals surface area contributed by atoms with E-state index < -0.39 is 6.10 Å². The third-order valence-corrected chi connectivity index (χ3v) is 2.40. The van der Waals surface area contributed by atoms with E-state index in [2.05, 4.69) is 0 Å². The standard InChI is InChI=1S/C10H18O3/c1-6(2)4-8(11)9-5-7(3)10(12)13-9/h6-9,11H,4-5H2,1-3H3/t7-,8+,9-/m1/s1. The molecule has 3 heteroatoms. The molecule has 0 saturated carbocycles. The van der Waals surface area contributed by atoms with Crippen LogP contribution in [0, 0.1) is 11.8 Å². The van der Waals surface area contributed by atoms with E-state index in [1.807, 2.05) is 20.8 Å². The summed E-state index contributed by atoms with van der Waals surface area (Å²) in [4.78, 5) is 11.0. The molecule has 1 N–H and O–H groups in total. The van der Waals surface area contributed by atoms with Crippen molar-refractivity contribution < 1.29 is 14.6 Å². The fourth-order valence-electron chi connectivity index (χ4n) is 1.63. The molecule has 1 aliphatic rings. The Hall–Kier alpha value is -0.570. The van der Waals surface area contributed by atoms with Crippen LogP contribution in [0.15, 0.2) is 0 Å². The highest BCUT2D eigenvalue weighted by atomic mass is 16.6. The molecule has 0 aromatic carbocycles. The van der Waals surface area contributed by atoms with Gasteiger partial charge in [0.25, 0.3) is 0 Å². The highest BCUT2D eigenvalue weighted by molar-refractivity contribution is 5.74. The molecule has 3 atom stereocenters. The number of cyclic esters (lactones) is 1. The van der Waals surface area contributed by atoms with Crippen molar-refractivity contribution in [2.75, 3.05) is 0 Å². The molecule has 0 aliphatic carbocycles. The summed E-state index contributed by atoms with van der Waals surface area (Å²) < 4.78 is 5.05. The summed E-state index contributed by atoms with van der Waals surface area (Å²) in [5, 5.41) is 9.68. The van der Waals surface area contributed by atoms with Crippen LogP contribution in [0.5, 0.6) is 0 Å². The van der Waals surface area contributed by atoms with Gasteiger partial charge in [-0.3, -0.25) is 4.79 Å². The van der Waals surface area contributed by atoms with Crippen molar-refractivity contribution in [2.24, 2.45) is 11.8 Å². The monoisotopic (exact) mass is 186 g/mol. The number of aliphatic hydroxyl groups excluding tert-OH is 1. The predicted octanol–water partition coefficient (Wildman–Crippen LogP) is 1.34. The fourth-order valence-corrected chi connectivity index (χ4v) is 1.63. The molecular weight excluding hydrogens is 168 g/mol. The molecule has 1 heterocycles. The van der Waals surface area contributed by atoms with Gasteiger partial charge in [0.2, 0.25) is 0 Å². The Morgan fingerprint density at radius 3 is 2.62 bits per heavy atom. The zero-order valence-electron chi connectivity index (χ0n) is 8.49. The summed E-state index contributed by atoms with van der Waals surface area (Å²) in [5.74, 6) is 0.212. The molecule has 0 bridgehead atoms. The van der Waals surface area contributed by atoms with Crippen molar-refractivity contribution in [1.29, 1.82) is 0 Å². The zero-order chi connectivity index (χ0) is 10.0. The minimum atomic E-state index is -0.492. The third kappa shape index (κ3) is 2.69. The predicted molar refractivity (Wildman–Crippen MR) is 49.1 cm³/mol. The number of aliphatic hydroxyl groups is 1. The van der Waals surface area contributed by atoms with Crippen LogP contribution in [0.1, 0.15) is 33.6 Å². The maximum Gasteiger partial charge on any atom is 0.309 e. The molecule has 3 nitrogen and oxygen atoms in total. The number of carbonyl (C=O) groups is 1. The molecule has 0 spiro atoms. The van der Waals surface area contributed by atoms with Crippen LogP contribution < -0.4 is 0 Å². The second-order valence-corrected chi connectivity index (χ2v) is 4.31. The van der Waals surface area contributed by atoms with Crippen molar-refractivity contribution in [3.63, 3.8) is 0 Å². The second kappa shape index (κ2) is 4.09. The Morgan fingerprint density at radius 2 is 2.23 bits per heavy atom. The van der Waals surface area contributed by atoms with Gasteiger partial charge in [0.05, 0.1) is 12.0 Å². The number of esters is 1. The molecule has 1 saturated heterocycles. The second-order valence-electron chi connectivity index (χ2n) is 4.31. The molecule has 1 fully saturated rings. The Bertz CT molecular complexity index is 189. The Balaban J connectivity index is 2.41. The Labute approximate surface area is 79.1 Å². The maximum absolute atomic E-state index is 11.0. The first-order chi connectivity index (χ1) is 6.00. The summed E-state index contributed by atoms with van der Waals surface area (Å²) in [6, 6.07) is 0. The van der Waals surface area contributed by atoms with E-state index in [4.69, 9.17) is 4.74 Å². The minimum absolute atomic E-state index is 0.0492. The van der Waals surface area contributed by atoms with E-state index in [9.17, 15) is 9.90 Å². The van der Waals surface area contributed by atoms with Crippen molar-refractivity contribution in [3.8, 4) is 0 Å². The molecule has 13 heavy (non-hydrogen) atoms. The van der Waals surface area contributed by atoms with Gasteiger partial charge >= 0.3 is 5.97 Å². The Morgan fingerprint density at radius 1 is 1.62 bits per heavy atom. The van der Waals surface area contributed by atoms with Crippen molar-refractivity contribution in [3.05, 3.63) is 0 Å². The van der Waals surface area contributed by atoms with Crippen molar-refractivity contribution >= 4 is 5.97 Å². The largest absolute Gasteiger partial charge is 0.459 e. The number of carbonyl (C=O) groups excluding carboxylic acids is 1. The Kier molecular flexibility index (Phi) is 3.31. The van der Waals surface area contributed by atoms with Gasteiger partial charge in [-0.15, -0.1) is 0 Å². The third-order valence-electron chi connectivity index (χ3n) is 2.40. The lowest BCUT2D eigenvalue weighted by Crippen LogP contribution is -2.27. The number of rotatable bonds is 3. The fraction of sp³-hybridized carbons (Fsp3) is 0.900. The lowest BCUT2D eigenvalue weighted by atomic mass is 9.97. The van der Waals surface area contributed by atoms with Gasteiger partial charge in [0, 0.05) is 0 Å². The first-order valence-corrected chi connectivity index (χ1v) is 4.89. The lowest BCUT2D eigenvalue weighted by Gasteiger charge is -2.18. The van der Waals surface area contributed by atoms with Crippen LogP contribution in [0.4, 0.5) is 0 Å².